The van der Waals surface area contributed by atoms with Crippen molar-refractivity contribution in [1.82, 2.24) is 4.98 Å². The van der Waals surface area contributed by atoms with Crippen molar-refractivity contribution in [3.63, 3.8) is 0 Å². The Labute approximate surface area is 88.6 Å². The third-order valence-electron chi connectivity index (χ3n) is 2.09. The maximum Gasteiger partial charge on any atom is 0.416 e. The van der Waals surface area contributed by atoms with Gasteiger partial charge in [0, 0.05) is 21.6 Å². The van der Waals surface area contributed by atoms with Crippen LogP contribution < -0.4 is 0 Å². The lowest BCUT2D eigenvalue weighted by atomic mass is 10.1. The summed E-state index contributed by atoms with van der Waals surface area (Å²) in [6.45, 7) is 0. The third-order valence-corrected chi connectivity index (χ3v) is 2.44. The molecule has 0 fully saturated rings. The number of nitrogens with one attached hydrogen (secondary N) is 1. The highest BCUT2D eigenvalue weighted by Gasteiger charge is 2.30. The molecule has 1 N–H and O–H groups in total. The number of halogens is 3. The molecule has 0 amide bonds. The molecular formula is C10H6F3NS. The predicted octanol–water partition coefficient (Wildman–Crippen LogP) is 3.92. The summed E-state index contributed by atoms with van der Waals surface area (Å²) in [5.74, 6) is 0. The molecule has 0 radical (unpaired) electrons. The Balaban J connectivity index is 2.73. The molecule has 78 valence electrons. The minimum atomic E-state index is -4.32. The van der Waals surface area contributed by atoms with Gasteiger partial charge in [0.15, 0.2) is 0 Å². The summed E-state index contributed by atoms with van der Waals surface area (Å²) in [6, 6.07) is 5.12. The van der Waals surface area contributed by atoms with Gasteiger partial charge >= 0.3 is 6.18 Å². The van der Waals surface area contributed by atoms with Gasteiger partial charge in [0.25, 0.3) is 0 Å². The topological polar surface area (TPSA) is 15.8 Å². The Morgan fingerprint density at radius 3 is 2.53 bits per heavy atom. The molecule has 0 saturated heterocycles. The highest BCUT2D eigenvalue weighted by Crippen LogP contribution is 2.30. The number of aromatic nitrogens is 1. The van der Waals surface area contributed by atoms with Crippen LogP contribution in [0.15, 0.2) is 30.5 Å². The molecule has 15 heavy (non-hydrogen) atoms. The van der Waals surface area contributed by atoms with Gasteiger partial charge in [-0.1, -0.05) is 18.3 Å². The first-order valence-corrected chi connectivity index (χ1v) is 4.58. The van der Waals surface area contributed by atoms with Crippen LogP contribution in [-0.4, -0.2) is 4.98 Å². The monoisotopic (exact) mass is 229 g/mol. The number of hydrogen-bond donors (Lipinski definition) is 1. The molecule has 0 aliphatic heterocycles. The van der Waals surface area contributed by atoms with Crippen LogP contribution in [0.1, 0.15) is 5.56 Å². The molecule has 1 nitrogen and oxygen atoms in total. The summed E-state index contributed by atoms with van der Waals surface area (Å²) < 4.78 is 37.7. The lowest BCUT2D eigenvalue weighted by molar-refractivity contribution is -0.137. The van der Waals surface area contributed by atoms with Crippen LogP contribution in [0, 0.1) is 4.51 Å². The second kappa shape index (κ2) is 3.34. The van der Waals surface area contributed by atoms with Crippen molar-refractivity contribution < 1.29 is 13.2 Å². The molecule has 0 aliphatic carbocycles. The highest BCUT2D eigenvalue weighted by atomic mass is 32.1. The zero-order chi connectivity index (χ0) is 11.1. The van der Waals surface area contributed by atoms with Crippen LogP contribution >= 0.6 is 12.2 Å². The second-order valence-electron chi connectivity index (χ2n) is 3.10. The smallest absolute Gasteiger partial charge is 0.361 e. The van der Waals surface area contributed by atoms with Crippen LogP contribution in [0.4, 0.5) is 13.2 Å². The molecule has 0 saturated carbocycles. The van der Waals surface area contributed by atoms with Gasteiger partial charge < -0.3 is 4.98 Å². The number of rotatable bonds is 0. The Morgan fingerprint density at radius 2 is 1.87 bits per heavy atom. The van der Waals surface area contributed by atoms with Crippen molar-refractivity contribution in [1.29, 1.82) is 0 Å². The standard InChI is InChI=1S/C10H6F3NS/c11-10(12,13)6-1-2-7-8(5-6)14-4-3-9(7)15/h1-5H,(H,14,15). The zero-order valence-corrected chi connectivity index (χ0v) is 8.25. The Hall–Kier alpha value is -1.36. The summed E-state index contributed by atoms with van der Waals surface area (Å²) in [6.07, 6.45) is -2.79. The summed E-state index contributed by atoms with van der Waals surface area (Å²) in [5, 5.41) is 0.625. The lowest BCUT2D eigenvalue weighted by Crippen LogP contribution is -2.04. The SMILES string of the molecule is FC(F)(F)c1ccc2c(=S)cc[nH]c2c1. The first kappa shape index (κ1) is 10.2. The van der Waals surface area contributed by atoms with Gasteiger partial charge in [0.1, 0.15) is 0 Å². The molecule has 0 unspecified atom stereocenters. The van der Waals surface area contributed by atoms with Crippen LogP contribution in [0.25, 0.3) is 10.9 Å². The molecular weight excluding hydrogens is 223 g/mol. The normalized spacial score (nSPS) is 11.9. The van der Waals surface area contributed by atoms with Gasteiger partial charge in [-0.05, 0) is 18.2 Å². The van der Waals surface area contributed by atoms with Crippen molar-refractivity contribution in [3.8, 4) is 0 Å². The quantitative estimate of drug-likeness (QED) is 0.677. The summed E-state index contributed by atoms with van der Waals surface area (Å²) >= 11 is 4.99. The highest BCUT2D eigenvalue weighted by molar-refractivity contribution is 7.71. The van der Waals surface area contributed by atoms with E-state index in [1.165, 1.54) is 12.3 Å². The van der Waals surface area contributed by atoms with E-state index in [0.717, 1.165) is 12.1 Å². The number of pyridine rings is 1. The summed E-state index contributed by atoms with van der Waals surface area (Å²) in [4.78, 5) is 2.74. The van der Waals surface area contributed by atoms with Crippen LogP contribution in [-0.2, 0) is 6.18 Å². The number of H-pyrrole nitrogens is 1. The fourth-order valence-electron chi connectivity index (χ4n) is 1.35. The van der Waals surface area contributed by atoms with Crippen molar-refractivity contribution in [2.75, 3.05) is 0 Å². The van der Waals surface area contributed by atoms with Gasteiger partial charge in [-0.2, -0.15) is 13.2 Å². The molecule has 1 aromatic heterocycles. The molecule has 0 aliphatic rings. The Bertz CT molecular complexity index is 556. The van der Waals surface area contributed by atoms with Crippen molar-refractivity contribution in [3.05, 3.63) is 40.5 Å². The fraction of sp³-hybridized carbons (Fsp3) is 0.100. The maximum atomic E-state index is 12.4. The van der Waals surface area contributed by atoms with Crippen LogP contribution in [0.3, 0.4) is 0 Å². The van der Waals surface area contributed by atoms with Crippen LogP contribution in [0.5, 0.6) is 0 Å². The number of alkyl halides is 3. The van der Waals surface area contributed by atoms with E-state index in [-0.39, 0.29) is 0 Å². The van der Waals surface area contributed by atoms with Crippen molar-refractivity contribution in [2.24, 2.45) is 0 Å². The van der Waals surface area contributed by atoms with E-state index in [1.54, 1.807) is 6.07 Å². The molecule has 0 atom stereocenters. The molecule has 0 spiro atoms. The maximum absolute atomic E-state index is 12.4. The largest absolute Gasteiger partial charge is 0.416 e. The van der Waals surface area contributed by atoms with Gasteiger partial charge in [-0.15, -0.1) is 0 Å². The average molecular weight is 229 g/mol. The Morgan fingerprint density at radius 1 is 1.13 bits per heavy atom. The fourth-order valence-corrected chi connectivity index (χ4v) is 1.60. The van der Waals surface area contributed by atoms with E-state index in [2.05, 4.69) is 4.98 Å². The summed E-state index contributed by atoms with van der Waals surface area (Å²) in [7, 11) is 0. The number of benzene rings is 1. The Kier molecular flexibility index (Phi) is 2.26. The number of hydrogen-bond acceptors (Lipinski definition) is 1. The van der Waals surface area contributed by atoms with E-state index in [0.29, 0.717) is 15.4 Å². The molecule has 0 bridgehead atoms. The number of aromatic amines is 1. The minimum Gasteiger partial charge on any atom is -0.361 e. The van der Waals surface area contributed by atoms with E-state index < -0.39 is 11.7 Å². The molecule has 1 aromatic carbocycles. The minimum absolute atomic E-state index is 0.400. The average Bonchev–Trinajstić information content (AvgIpc) is 2.16. The molecule has 1 heterocycles. The number of fused-ring (bicyclic) bond motifs is 1. The van der Waals surface area contributed by atoms with Crippen LogP contribution in [0.2, 0.25) is 0 Å². The van der Waals surface area contributed by atoms with E-state index >= 15 is 0 Å². The van der Waals surface area contributed by atoms with Crippen molar-refractivity contribution in [2.45, 2.75) is 6.18 Å². The molecule has 2 aromatic rings. The van der Waals surface area contributed by atoms with E-state index in [1.807, 2.05) is 0 Å². The molecule has 2 rings (SSSR count). The van der Waals surface area contributed by atoms with E-state index in [9.17, 15) is 13.2 Å². The van der Waals surface area contributed by atoms with Crippen molar-refractivity contribution >= 4 is 23.1 Å². The van der Waals surface area contributed by atoms with Gasteiger partial charge in [-0.3, -0.25) is 0 Å². The first-order chi connectivity index (χ1) is 6.98. The third kappa shape index (κ3) is 1.87. The predicted molar refractivity (Wildman–Crippen MR) is 54.1 cm³/mol. The zero-order valence-electron chi connectivity index (χ0n) is 7.43. The second-order valence-corrected chi connectivity index (χ2v) is 3.54. The van der Waals surface area contributed by atoms with E-state index in [4.69, 9.17) is 12.2 Å². The van der Waals surface area contributed by atoms with Gasteiger partial charge in [-0.25, -0.2) is 0 Å². The van der Waals surface area contributed by atoms with Gasteiger partial charge in [0.05, 0.1) is 5.56 Å². The summed E-state index contributed by atoms with van der Waals surface area (Å²) in [5.41, 5.74) is -0.274. The molecule has 5 heteroatoms. The first-order valence-electron chi connectivity index (χ1n) is 4.17. The lowest BCUT2D eigenvalue weighted by Gasteiger charge is -2.07. The van der Waals surface area contributed by atoms with Gasteiger partial charge in [0.2, 0.25) is 0 Å².